The monoisotopic (exact) mass is 433 g/mol. The molecule has 0 aromatic carbocycles. The number of fused-ring (bicyclic) bond motifs is 1. The standard InChI is InChI=1S/C23H27N7O2/c1-24-21-10-20-19(13-25-21)23(15-11-27-29(2)14-15)28-30(20)16-4-6-17(7-5-16)32-18-8-9-22(31-3)26-12-18/h8-14,16-17H,4-7H2,1-3H3,(H,24,25). The number of hydrogen-bond acceptors (Lipinski definition) is 7. The van der Waals surface area contributed by atoms with Crippen LogP contribution in [-0.2, 0) is 7.05 Å². The van der Waals surface area contributed by atoms with Gasteiger partial charge in [0.25, 0.3) is 0 Å². The van der Waals surface area contributed by atoms with Crippen molar-refractivity contribution in [2.75, 3.05) is 19.5 Å². The molecule has 0 spiro atoms. The van der Waals surface area contributed by atoms with Crippen molar-refractivity contribution in [3.05, 3.63) is 43.0 Å². The molecule has 9 nitrogen and oxygen atoms in total. The third-order valence-corrected chi connectivity index (χ3v) is 6.04. The summed E-state index contributed by atoms with van der Waals surface area (Å²) in [5.74, 6) is 2.20. The summed E-state index contributed by atoms with van der Waals surface area (Å²) in [7, 11) is 5.41. The van der Waals surface area contributed by atoms with Gasteiger partial charge in [-0.3, -0.25) is 9.36 Å². The molecule has 0 amide bonds. The van der Waals surface area contributed by atoms with E-state index in [4.69, 9.17) is 14.6 Å². The third-order valence-electron chi connectivity index (χ3n) is 6.04. The smallest absolute Gasteiger partial charge is 0.213 e. The normalized spacial score (nSPS) is 18.6. The van der Waals surface area contributed by atoms with Crippen LogP contribution in [0.4, 0.5) is 5.82 Å². The molecule has 32 heavy (non-hydrogen) atoms. The van der Waals surface area contributed by atoms with E-state index in [1.54, 1.807) is 18.0 Å². The minimum atomic E-state index is 0.176. The second-order valence-electron chi connectivity index (χ2n) is 8.12. The third kappa shape index (κ3) is 3.86. The number of aromatic nitrogens is 6. The Hall–Kier alpha value is -3.62. The maximum atomic E-state index is 6.16. The van der Waals surface area contributed by atoms with Crippen LogP contribution in [0.5, 0.6) is 11.6 Å². The number of rotatable bonds is 6. The molecule has 166 valence electrons. The summed E-state index contributed by atoms with van der Waals surface area (Å²) in [6, 6.07) is 6.12. The Morgan fingerprint density at radius 2 is 1.91 bits per heavy atom. The number of hydrogen-bond donors (Lipinski definition) is 1. The van der Waals surface area contributed by atoms with Gasteiger partial charge in [0.15, 0.2) is 0 Å². The fraction of sp³-hybridized carbons (Fsp3) is 0.391. The molecule has 1 fully saturated rings. The predicted molar refractivity (Wildman–Crippen MR) is 122 cm³/mol. The molecule has 0 aliphatic heterocycles. The highest BCUT2D eigenvalue weighted by molar-refractivity contribution is 5.93. The fourth-order valence-electron chi connectivity index (χ4n) is 4.36. The number of anilines is 1. The number of nitrogens with zero attached hydrogens (tertiary/aromatic N) is 6. The zero-order valence-electron chi connectivity index (χ0n) is 18.5. The summed E-state index contributed by atoms with van der Waals surface area (Å²) in [6.45, 7) is 0. The second-order valence-corrected chi connectivity index (χ2v) is 8.12. The Kier molecular flexibility index (Phi) is 5.38. The molecule has 0 bridgehead atoms. The van der Waals surface area contributed by atoms with Crippen LogP contribution in [0.1, 0.15) is 31.7 Å². The molecule has 4 aromatic heterocycles. The van der Waals surface area contributed by atoms with E-state index in [2.05, 4.69) is 31.1 Å². The van der Waals surface area contributed by atoms with Crippen molar-refractivity contribution in [2.24, 2.45) is 7.05 Å². The summed E-state index contributed by atoms with van der Waals surface area (Å²) in [6.07, 6.45) is 11.6. The SMILES string of the molecule is CNc1cc2c(cn1)c(-c1cnn(C)c1)nn2C1CCC(Oc2ccc(OC)nc2)CC1. The van der Waals surface area contributed by atoms with Crippen LogP contribution in [0.15, 0.2) is 43.0 Å². The van der Waals surface area contributed by atoms with Gasteiger partial charge >= 0.3 is 0 Å². The molecule has 0 atom stereocenters. The van der Waals surface area contributed by atoms with E-state index in [1.807, 2.05) is 44.8 Å². The van der Waals surface area contributed by atoms with E-state index in [9.17, 15) is 0 Å². The van der Waals surface area contributed by atoms with Gasteiger partial charge in [-0.15, -0.1) is 0 Å². The molecule has 0 saturated heterocycles. The van der Waals surface area contributed by atoms with Crippen LogP contribution in [0.25, 0.3) is 22.2 Å². The molecule has 1 saturated carbocycles. The number of nitrogens with one attached hydrogen (secondary N) is 1. The largest absolute Gasteiger partial charge is 0.489 e. The molecular formula is C23H27N7O2. The van der Waals surface area contributed by atoms with E-state index >= 15 is 0 Å². The van der Waals surface area contributed by atoms with E-state index < -0.39 is 0 Å². The molecule has 5 rings (SSSR count). The lowest BCUT2D eigenvalue weighted by molar-refractivity contribution is 0.130. The van der Waals surface area contributed by atoms with Crippen LogP contribution >= 0.6 is 0 Å². The highest BCUT2D eigenvalue weighted by Crippen LogP contribution is 2.36. The first-order chi connectivity index (χ1) is 15.6. The summed E-state index contributed by atoms with van der Waals surface area (Å²) in [4.78, 5) is 8.75. The molecule has 4 aromatic rings. The van der Waals surface area contributed by atoms with Crippen molar-refractivity contribution in [2.45, 2.75) is 37.8 Å². The first-order valence-corrected chi connectivity index (χ1v) is 10.9. The predicted octanol–water partition coefficient (Wildman–Crippen LogP) is 3.84. The molecule has 4 heterocycles. The highest BCUT2D eigenvalue weighted by atomic mass is 16.5. The summed E-state index contributed by atoms with van der Waals surface area (Å²) < 4.78 is 15.2. The Labute approximate surface area is 186 Å². The van der Waals surface area contributed by atoms with Gasteiger partial charge in [0.1, 0.15) is 17.3 Å². The second kappa shape index (κ2) is 8.49. The number of pyridine rings is 2. The fourth-order valence-corrected chi connectivity index (χ4v) is 4.36. The maximum Gasteiger partial charge on any atom is 0.213 e. The van der Waals surface area contributed by atoms with Gasteiger partial charge in [0, 0.05) is 49.6 Å². The van der Waals surface area contributed by atoms with Crippen molar-refractivity contribution < 1.29 is 9.47 Å². The quantitative estimate of drug-likeness (QED) is 0.494. The summed E-state index contributed by atoms with van der Waals surface area (Å²) in [5, 5.41) is 13.5. The van der Waals surface area contributed by atoms with Crippen molar-refractivity contribution >= 4 is 16.7 Å². The first-order valence-electron chi connectivity index (χ1n) is 10.9. The molecule has 1 aliphatic rings. The van der Waals surface area contributed by atoms with Crippen LogP contribution in [0.2, 0.25) is 0 Å². The average molecular weight is 434 g/mol. The Morgan fingerprint density at radius 1 is 1.06 bits per heavy atom. The Bertz CT molecular complexity index is 1210. The van der Waals surface area contributed by atoms with Crippen LogP contribution in [-0.4, -0.2) is 49.8 Å². The van der Waals surface area contributed by atoms with Gasteiger partial charge in [0.2, 0.25) is 5.88 Å². The van der Waals surface area contributed by atoms with Crippen molar-refractivity contribution in [3.63, 3.8) is 0 Å². The first kappa shape index (κ1) is 20.3. The van der Waals surface area contributed by atoms with Crippen LogP contribution < -0.4 is 14.8 Å². The van der Waals surface area contributed by atoms with Gasteiger partial charge in [-0.1, -0.05) is 0 Å². The van der Waals surface area contributed by atoms with Gasteiger partial charge in [-0.05, 0) is 31.7 Å². The molecular weight excluding hydrogens is 406 g/mol. The van der Waals surface area contributed by atoms with Crippen molar-refractivity contribution in [3.8, 4) is 22.9 Å². The molecule has 1 N–H and O–H groups in total. The van der Waals surface area contributed by atoms with Gasteiger partial charge < -0.3 is 14.8 Å². The maximum absolute atomic E-state index is 6.16. The van der Waals surface area contributed by atoms with E-state index in [0.717, 1.165) is 59.4 Å². The van der Waals surface area contributed by atoms with Gasteiger partial charge in [-0.25, -0.2) is 9.97 Å². The minimum Gasteiger partial charge on any atom is -0.489 e. The van der Waals surface area contributed by atoms with E-state index in [0.29, 0.717) is 11.9 Å². The highest BCUT2D eigenvalue weighted by Gasteiger charge is 2.27. The zero-order chi connectivity index (χ0) is 22.1. The minimum absolute atomic E-state index is 0.176. The molecule has 0 unspecified atom stereocenters. The summed E-state index contributed by atoms with van der Waals surface area (Å²) >= 11 is 0. The Morgan fingerprint density at radius 3 is 2.56 bits per heavy atom. The lowest BCUT2D eigenvalue weighted by Gasteiger charge is -2.29. The lowest BCUT2D eigenvalue weighted by atomic mass is 9.93. The number of aryl methyl sites for hydroxylation is 1. The number of ether oxygens (including phenoxy) is 2. The van der Waals surface area contributed by atoms with Crippen molar-refractivity contribution in [1.82, 2.24) is 29.5 Å². The van der Waals surface area contributed by atoms with Gasteiger partial charge in [-0.2, -0.15) is 10.2 Å². The Balaban J connectivity index is 1.37. The topological polar surface area (TPSA) is 91.9 Å². The van der Waals surface area contributed by atoms with Crippen LogP contribution in [0.3, 0.4) is 0 Å². The molecule has 9 heteroatoms. The van der Waals surface area contributed by atoms with Crippen molar-refractivity contribution in [1.29, 1.82) is 0 Å². The summed E-state index contributed by atoms with van der Waals surface area (Å²) in [5.41, 5.74) is 3.01. The zero-order valence-corrected chi connectivity index (χ0v) is 18.5. The lowest BCUT2D eigenvalue weighted by Crippen LogP contribution is -2.26. The van der Waals surface area contributed by atoms with Gasteiger partial charge in [0.05, 0.1) is 37.2 Å². The molecule has 1 aliphatic carbocycles. The average Bonchev–Trinajstić information content (AvgIpc) is 3.43. The van der Waals surface area contributed by atoms with E-state index in [1.165, 1.54) is 0 Å². The number of methoxy groups -OCH3 is 1. The molecule has 0 radical (unpaired) electrons. The van der Waals surface area contributed by atoms with E-state index in [-0.39, 0.29) is 6.10 Å². The van der Waals surface area contributed by atoms with Crippen LogP contribution in [0, 0.1) is 0 Å².